The van der Waals surface area contributed by atoms with Crippen molar-refractivity contribution in [3.8, 4) is 0 Å². The molecular formula is C15H16N2O3S. The van der Waals surface area contributed by atoms with Crippen LogP contribution in [0.15, 0.2) is 30.5 Å². The molecule has 0 fully saturated rings. The number of hydrogen-bond donors (Lipinski definition) is 2. The fraction of sp³-hybridized carbons (Fsp3) is 0.267. The quantitative estimate of drug-likeness (QED) is 0.889. The molecule has 0 saturated carbocycles. The predicted molar refractivity (Wildman–Crippen MR) is 80.9 cm³/mol. The molecule has 110 valence electrons. The number of pyridine rings is 1. The van der Waals surface area contributed by atoms with Gasteiger partial charge in [-0.05, 0) is 38.1 Å². The first-order chi connectivity index (χ1) is 9.95. The van der Waals surface area contributed by atoms with Gasteiger partial charge in [-0.3, -0.25) is 9.78 Å². The molecule has 0 saturated heterocycles. The number of carbonyl (C=O) groups is 2. The van der Waals surface area contributed by atoms with Gasteiger partial charge in [-0.25, -0.2) is 4.79 Å². The fourth-order valence-electron chi connectivity index (χ4n) is 1.90. The number of aromatic carboxylic acids is 1. The van der Waals surface area contributed by atoms with Gasteiger partial charge in [-0.2, -0.15) is 0 Å². The predicted octanol–water partition coefficient (Wildman–Crippen LogP) is 2.51. The van der Waals surface area contributed by atoms with Gasteiger partial charge in [0.15, 0.2) is 0 Å². The summed E-state index contributed by atoms with van der Waals surface area (Å²) in [5.41, 5.74) is 0.280. The van der Waals surface area contributed by atoms with Crippen LogP contribution in [0.4, 0.5) is 0 Å². The van der Waals surface area contributed by atoms with Crippen LogP contribution in [0.2, 0.25) is 0 Å². The third kappa shape index (κ3) is 4.13. The summed E-state index contributed by atoms with van der Waals surface area (Å²) in [6.07, 6.45) is 1.95. The van der Waals surface area contributed by atoms with Gasteiger partial charge < -0.3 is 10.4 Å². The zero-order chi connectivity index (χ0) is 15.4. The molecule has 0 spiro atoms. The van der Waals surface area contributed by atoms with Crippen LogP contribution < -0.4 is 5.32 Å². The van der Waals surface area contributed by atoms with E-state index in [2.05, 4.69) is 22.4 Å². The molecule has 6 heteroatoms. The molecule has 2 rings (SSSR count). The zero-order valence-corrected chi connectivity index (χ0v) is 12.6. The second-order valence-corrected chi connectivity index (χ2v) is 6.20. The van der Waals surface area contributed by atoms with Crippen molar-refractivity contribution < 1.29 is 14.7 Å². The number of aryl methyl sites for hydroxylation is 1. The van der Waals surface area contributed by atoms with Gasteiger partial charge >= 0.3 is 5.97 Å². The van der Waals surface area contributed by atoms with E-state index in [1.807, 2.05) is 13.8 Å². The highest BCUT2D eigenvalue weighted by molar-refractivity contribution is 7.11. The van der Waals surface area contributed by atoms with E-state index >= 15 is 0 Å². The van der Waals surface area contributed by atoms with Crippen molar-refractivity contribution in [1.29, 1.82) is 0 Å². The SMILES string of the molecule is Cc1ccc(CC(C)NC(=O)c2ccc(C(=O)O)cn2)s1. The third-order valence-corrected chi connectivity index (χ3v) is 3.95. The Morgan fingerprint density at radius 3 is 2.62 bits per heavy atom. The summed E-state index contributed by atoms with van der Waals surface area (Å²) in [5, 5.41) is 11.6. The van der Waals surface area contributed by atoms with Crippen molar-refractivity contribution in [1.82, 2.24) is 10.3 Å². The van der Waals surface area contributed by atoms with Crippen LogP contribution in [-0.4, -0.2) is 28.0 Å². The van der Waals surface area contributed by atoms with Gasteiger partial charge in [-0.15, -0.1) is 11.3 Å². The van der Waals surface area contributed by atoms with Gasteiger partial charge in [0.1, 0.15) is 5.69 Å². The number of carboxylic acids is 1. The lowest BCUT2D eigenvalue weighted by molar-refractivity contribution is 0.0695. The minimum atomic E-state index is -1.06. The first-order valence-corrected chi connectivity index (χ1v) is 7.33. The minimum absolute atomic E-state index is 0.0171. The molecule has 5 nitrogen and oxygen atoms in total. The van der Waals surface area contributed by atoms with E-state index < -0.39 is 5.97 Å². The highest BCUT2D eigenvalue weighted by Crippen LogP contribution is 2.16. The van der Waals surface area contributed by atoms with Crippen molar-refractivity contribution in [3.05, 3.63) is 51.5 Å². The van der Waals surface area contributed by atoms with E-state index in [1.165, 1.54) is 28.1 Å². The Bertz CT molecular complexity index is 649. The summed E-state index contributed by atoms with van der Waals surface area (Å²) in [7, 11) is 0. The molecule has 2 aromatic rings. The van der Waals surface area contributed by atoms with Crippen molar-refractivity contribution in [2.24, 2.45) is 0 Å². The maximum atomic E-state index is 12.0. The summed E-state index contributed by atoms with van der Waals surface area (Å²) in [4.78, 5) is 29.1. The zero-order valence-electron chi connectivity index (χ0n) is 11.8. The lowest BCUT2D eigenvalue weighted by Crippen LogP contribution is -2.34. The topological polar surface area (TPSA) is 79.3 Å². The van der Waals surface area contributed by atoms with Crippen molar-refractivity contribution in [3.63, 3.8) is 0 Å². The first-order valence-electron chi connectivity index (χ1n) is 6.51. The second kappa shape index (κ2) is 6.49. The molecule has 0 bridgehead atoms. The molecule has 0 aromatic carbocycles. The van der Waals surface area contributed by atoms with E-state index in [-0.39, 0.29) is 23.2 Å². The molecule has 0 aliphatic carbocycles. The molecule has 0 radical (unpaired) electrons. The summed E-state index contributed by atoms with van der Waals surface area (Å²) >= 11 is 1.71. The Kier molecular flexibility index (Phi) is 4.70. The van der Waals surface area contributed by atoms with Crippen molar-refractivity contribution in [2.75, 3.05) is 0 Å². The summed E-state index contributed by atoms with van der Waals surface area (Å²) in [6, 6.07) is 6.89. The van der Waals surface area contributed by atoms with Crippen LogP contribution >= 0.6 is 11.3 Å². The number of aromatic nitrogens is 1. The highest BCUT2D eigenvalue weighted by atomic mass is 32.1. The van der Waals surface area contributed by atoms with Crippen LogP contribution in [-0.2, 0) is 6.42 Å². The molecule has 2 heterocycles. The number of hydrogen-bond acceptors (Lipinski definition) is 4. The van der Waals surface area contributed by atoms with Crippen LogP contribution in [0.5, 0.6) is 0 Å². The maximum Gasteiger partial charge on any atom is 0.337 e. The molecule has 2 N–H and O–H groups in total. The van der Waals surface area contributed by atoms with Crippen LogP contribution in [0, 0.1) is 6.92 Å². The lowest BCUT2D eigenvalue weighted by atomic mass is 10.2. The highest BCUT2D eigenvalue weighted by Gasteiger charge is 2.13. The van der Waals surface area contributed by atoms with Crippen molar-refractivity contribution >= 4 is 23.2 Å². The van der Waals surface area contributed by atoms with E-state index in [4.69, 9.17) is 5.11 Å². The number of nitrogens with one attached hydrogen (secondary N) is 1. The van der Waals surface area contributed by atoms with Crippen LogP contribution in [0.3, 0.4) is 0 Å². The standard InChI is InChI=1S/C15H16N2O3S/c1-9(7-12-5-3-10(2)21-12)17-14(18)13-6-4-11(8-16-13)15(19)20/h3-6,8-9H,7H2,1-2H3,(H,17,18)(H,19,20). The number of thiophene rings is 1. The van der Waals surface area contributed by atoms with Crippen molar-refractivity contribution in [2.45, 2.75) is 26.3 Å². The van der Waals surface area contributed by atoms with Gasteiger partial charge in [0.2, 0.25) is 0 Å². The molecule has 2 aromatic heterocycles. The van der Waals surface area contributed by atoms with E-state index in [9.17, 15) is 9.59 Å². The maximum absolute atomic E-state index is 12.0. The Labute approximate surface area is 126 Å². The smallest absolute Gasteiger partial charge is 0.337 e. The van der Waals surface area contributed by atoms with Gasteiger partial charge in [0.05, 0.1) is 5.56 Å². The molecule has 0 aliphatic rings. The summed E-state index contributed by atoms with van der Waals surface area (Å²) in [6.45, 7) is 3.98. The average Bonchev–Trinajstić information content (AvgIpc) is 2.83. The number of carbonyl (C=O) groups excluding carboxylic acids is 1. The number of carboxylic acid groups (broad SMARTS) is 1. The van der Waals surface area contributed by atoms with Crippen LogP contribution in [0.1, 0.15) is 37.5 Å². The monoisotopic (exact) mass is 304 g/mol. The lowest BCUT2D eigenvalue weighted by Gasteiger charge is -2.12. The van der Waals surface area contributed by atoms with E-state index in [0.29, 0.717) is 0 Å². The van der Waals surface area contributed by atoms with Gasteiger partial charge in [-0.1, -0.05) is 0 Å². The van der Waals surface area contributed by atoms with Gasteiger partial charge in [0, 0.05) is 28.4 Å². The molecular weight excluding hydrogens is 288 g/mol. The molecule has 0 aliphatic heterocycles. The number of nitrogens with zero attached hydrogens (tertiary/aromatic N) is 1. The molecule has 1 unspecified atom stereocenters. The average molecular weight is 304 g/mol. The fourth-order valence-corrected chi connectivity index (χ4v) is 2.92. The third-order valence-electron chi connectivity index (χ3n) is 2.92. The Morgan fingerprint density at radius 1 is 1.33 bits per heavy atom. The first kappa shape index (κ1) is 15.2. The minimum Gasteiger partial charge on any atom is -0.478 e. The normalized spacial score (nSPS) is 11.9. The van der Waals surface area contributed by atoms with E-state index in [0.717, 1.165) is 6.42 Å². The summed E-state index contributed by atoms with van der Waals surface area (Å²) in [5.74, 6) is -1.36. The Balaban J connectivity index is 1.95. The largest absolute Gasteiger partial charge is 0.478 e. The number of rotatable bonds is 5. The molecule has 1 amide bonds. The second-order valence-electron chi connectivity index (χ2n) is 4.83. The van der Waals surface area contributed by atoms with E-state index in [1.54, 1.807) is 11.3 Å². The number of amides is 1. The summed E-state index contributed by atoms with van der Waals surface area (Å²) < 4.78 is 0. The molecule has 1 atom stereocenters. The van der Waals surface area contributed by atoms with Crippen LogP contribution in [0.25, 0.3) is 0 Å². The Hall–Kier alpha value is -2.21. The molecule has 21 heavy (non-hydrogen) atoms. The van der Waals surface area contributed by atoms with Gasteiger partial charge in [0.25, 0.3) is 5.91 Å². The Morgan fingerprint density at radius 2 is 2.10 bits per heavy atom.